The zero-order chi connectivity index (χ0) is 18.6. The molecule has 2 bridgehead atoms. The fourth-order valence-corrected chi connectivity index (χ4v) is 4.64. The summed E-state index contributed by atoms with van der Waals surface area (Å²) < 4.78 is 41.8. The van der Waals surface area contributed by atoms with Crippen molar-refractivity contribution in [1.29, 1.82) is 5.26 Å². The second-order valence-electron chi connectivity index (χ2n) is 7.62. The van der Waals surface area contributed by atoms with Gasteiger partial charge in [-0.2, -0.15) is 18.4 Å². The van der Waals surface area contributed by atoms with Crippen LogP contribution in [0.15, 0.2) is 24.3 Å². The van der Waals surface area contributed by atoms with Gasteiger partial charge in [0.05, 0.1) is 17.0 Å². The molecule has 3 aliphatic carbocycles. The molecule has 0 unspecified atom stereocenters. The molecule has 136 valence electrons. The van der Waals surface area contributed by atoms with Crippen molar-refractivity contribution >= 4 is 0 Å². The van der Waals surface area contributed by atoms with Crippen LogP contribution in [0.4, 0.5) is 13.2 Å². The Morgan fingerprint density at radius 2 is 1.65 bits per heavy atom. The predicted octanol–water partition coefficient (Wildman–Crippen LogP) is 4.62. The molecule has 3 fully saturated rings. The molecule has 5 rings (SSSR count). The third-order valence-electron chi connectivity index (χ3n) is 6.31. The van der Waals surface area contributed by atoms with E-state index >= 15 is 0 Å². The maximum Gasteiger partial charge on any atom is 0.417 e. The fraction of sp³-hybridized carbons (Fsp3) is 0.526. The summed E-state index contributed by atoms with van der Waals surface area (Å²) in [6, 6.07) is 7.95. The van der Waals surface area contributed by atoms with Crippen molar-refractivity contribution in [3.8, 4) is 17.5 Å². The van der Waals surface area contributed by atoms with Crippen molar-refractivity contribution in [3.05, 3.63) is 35.7 Å². The van der Waals surface area contributed by atoms with E-state index in [0.29, 0.717) is 0 Å². The van der Waals surface area contributed by atoms with Crippen LogP contribution in [0.2, 0.25) is 0 Å². The molecule has 26 heavy (non-hydrogen) atoms. The molecular weight excluding hydrogens is 341 g/mol. The van der Waals surface area contributed by atoms with E-state index in [2.05, 4.69) is 16.3 Å². The Bertz CT molecular complexity index is 866. The van der Waals surface area contributed by atoms with E-state index in [1.807, 2.05) is 0 Å². The minimum absolute atomic E-state index is 0.0515. The van der Waals surface area contributed by atoms with Crippen LogP contribution in [0.3, 0.4) is 0 Å². The summed E-state index contributed by atoms with van der Waals surface area (Å²) in [7, 11) is 1.74. The smallest absolute Gasteiger partial charge is 0.314 e. The molecule has 0 spiro atoms. The maximum absolute atomic E-state index is 13.4. The molecule has 3 aliphatic rings. The summed E-state index contributed by atoms with van der Waals surface area (Å²) >= 11 is 0. The topological polar surface area (TPSA) is 54.5 Å². The Morgan fingerprint density at radius 3 is 2.23 bits per heavy atom. The highest BCUT2D eigenvalue weighted by atomic mass is 19.4. The van der Waals surface area contributed by atoms with Gasteiger partial charge >= 0.3 is 6.18 Å². The van der Waals surface area contributed by atoms with Crippen LogP contribution in [0.5, 0.6) is 0 Å². The molecule has 4 nitrogen and oxygen atoms in total. The second kappa shape index (κ2) is 5.57. The lowest BCUT2D eigenvalue weighted by atomic mass is 9.54. The second-order valence-corrected chi connectivity index (χ2v) is 7.62. The quantitative estimate of drug-likeness (QED) is 0.785. The first-order chi connectivity index (χ1) is 12.3. The number of benzene rings is 1. The van der Waals surface area contributed by atoms with E-state index in [-0.39, 0.29) is 22.2 Å². The van der Waals surface area contributed by atoms with Crippen LogP contribution in [0.25, 0.3) is 11.4 Å². The number of aromatic nitrogens is 3. The van der Waals surface area contributed by atoms with E-state index in [0.717, 1.165) is 50.4 Å². The van der Waals surface area contributed by atoms with Gasteiger partial charge in [-0.25, -0.2) is 0 Å². The molecule has 0 saturated heterocycles. The molecule has 7 heteroatoms. The van der Waals surface area contributed by atoms with Gasteiger partial charge in [0.1, 0.15) is 5.82 Å². The summed E-state index contributed by atoms with van der Waals surface area (Å²) in [4.78, 5) is 0. The highest BCUT2D eigenvalue weighted by Crippen LogP contribution is 2.57. The third kappa shape index (κ3) is 2.43. The molecule has 1 aromatic heterocycles. The number of rotatable bonds is 2. The first-order valence-corrected chi connectivity index (χ1v) is 8.78. The highest BCUT2D eigenvalue weighted by Gasteiger charge is 2.52. The van der Waals surface area contributed by atoms with Crippen LogP contribution >= 0.6 is 0 Å². The van der Waals surface area contributed by atoms with Crippen molar-refractivity contribution in [3.63, 3.8) is 0 Å². The Kier molecular flexibility index (Phi) is 3.66. The summed E-state index contributed by atoms with van der Waals surface area (Å²) in [5.41, 5.74) is -1.04. The van der Waals surface area contributed by atoms with E-state index in [4.69, 9.17) is 0 Å². The number of nitrogens with zero attached hydrogens (tertiary/aromatic N) is 4. The van der Waals surface area contributed by atoms with Crippen molar-refractivity contribution in [1.82, 2.24) is 14.8 Å². The van der Waals surface area contributed by atoms with Gasteiger partial charge in [-0.05, 0) is 44.6 Å². The van der Waals surface area contributed by atoms with Gasteiger partial charge in [-0.3, -0.25) is 0 Å². The molecule has 0 radical (unpaired) electrons. The minimum atomic E-state index is -4.44. The zero-order valence-corrected chi connectivity index (χ0v) is 14.5. The lowest BCUT2D eigenvalue weighted by molar-refractivity contribution is -0.137. The van der Waals surface area contributed by atoms with Gasteiger partial charge in [-0.1, -0.05) is 18.2 Å². The van der Waals surface area contributed by atoms with Crippen LogP contribution in [0, 0.1) is 16.7 Å². The molecule has 0 N–H and O–H groups in total. The Labute approximate surface area is 149 Å². The minimum Gasteiger partial charge on any atom is -0.314 e. The van der Waals surface area contributed by atoms with Crippen LogP contribution in [0.1, 0.15) is 49.9 Å². The maximum atomic E-state index is 13.4. The van der Waals surface area contributed by atoms with Crippen LogP contribution in [-0.2, 0) is 18.6 Å². The first kappa shape index (κ1) is 17.1. The molecule has 0 atom stereocenters. The third-order valence-corrected chi connectivity index (χ3v) is 6.31. The summed E-state index contributed by atoms with van der Waals surface area (Å²) in [6.07, 6.45) is 0.553. The average molecular weight is 360 g/mol. The standard InChI is InChI=1S/C19H19F3N4/c1-26-15(13-4-2-3-5-14(13)19(20,21)22)24-25-16(26)18-9-6-17(12-23,7-10-18)8-11-18/h2-5H,6-11H2,1H3. The summed E-state index contributed by atoms with van der Waals surface area (Å²) in [5, 5.41) is 17.9. The number of alkyl halides is 3. The number of nitriles is 1. The van der Waals surface area contributed by atoms with Gasteiger partial charge in [-0.15, -0.1) is 10.2 Å². The van der Waals surface area contributed by atoms with Crippen molar-refractivity contribution in [2.24, 2.45) is 12.5 Å². The first-order valence-electron chi connectivity index (χ1n) is 8.78. The van der Waals surface area contributed by atoms with E-state index in [1.165, 1.54) is 12.1 Å². The van der Waals surface area contributed by atoms with Gasteiger partial charge in [0.25, 0.3) is 0 Å². The van der Waals surface area contributed by atoms with Gasteiger partial charge in [0.15, 0.2) is 5.82 Å². The lowest BCUT2D eigenvalue weighted by Gasteiger charge is -2.49. The van der Waals surface area contributed by atoms with Crippen LogP contribution < -0.4 is 0 Å². The molecule has 3 saturated carbocycles. The summed E-state index contributed by atoms with van der Waals surface area (Å²) in [5.74, 6) is 0.987. The van der Waals surface area contributed by atoms with Crippen molar-refractivity contribution < 1.29 is 13.2 Å². The Morgan fingerprint density at radius 1 is 1.04 bits per heavy atom. The lowest BCUT2D eigenvalue weighted by Crippen LogP contribution is -2.44. The molecule has 0 aliphatic heterocycles. The van der Waals surface area contributed by atoms with Gasteiger partial charge in [0.2, 0.25) is 0 Å². The normalized spacial score (nSPS) is 28.1. The predicted molar refractivity (Wildman–Crippen MR) is 88.9 cm³/mol. The van der Waals surface area contributed by atoms with E-state index < -0.39 is 11.7 Å². The zero-order valence-electron chi connectivity index (χ0n) is 14.5. The number of fused-ring (bicyclic) bond motifs is 3. The van der Waals surface area contributed by atoms with E-state index in [9.17, 15) is 18.4 Å². The molecule has 1 heterocycles. The highest BCUT2D eigenvalue weighted by molar-refractivity contribution is 5.61. The van der Waals surface area contributed by atoms with Crippen LogP contribution in [-0.4, -0.2) is 14.8 Å². The largest absolute Gasteiger partial charge is 0.417 e. The number of hydrogen-bond acceptors (Lipinski definition) is 3. The van der Waals surface area contributed by atoms with Gasteiger partial charge in [0, 0.05) is 18.0 Å². The molecular formula is C19H19F3N4. The monoisotopic (exact) mass is 360 g/mol. The fourth-order valence-electron chi connectivity index (χ4n) is 4.64. The molecule has 2 aromatic rings. The number of hydrogen-bond donors (Lipinski definition) is 0. The Hall–Kier alpha value is -2.36. The average Bonchev–Trinajstić information content (AvgIpc) is 3.04. The van der Waals surface area contributed by atoms with Crippen molar-refractivity contribution in [2.75, 3.05) is 0 Å². The van der Waals surface area contributed by atoms with E-state index in [1.54, 1.807) is 17.7 Å². The number of halogens is 3. The summed E-state index contributed by atoms with van der Waals surface area (Å²) in [6.45, 7) is 0. The molecule has 0 amide bonds. The Balaban J connectivity index is 1.75. The molecule has 1 aromatic carbocycles. The van der Waals surface area contributed by atoms with Gasteiger partial charge < -0.3 is 4.57 Å². The SMILES string of the molecule is Cn1c(-c2ccccc2C(F)(F)F)nnc1C12CCC(C#N)(CC1)CC2. The van der Waals surface area contributed by atoms with Crippen molar-refractivity contribution in [2.45, 2.75) is 50.1 Å².